The number of benzene rings is 1. The summed E-state index contributed by atoms with van der Waals surface area (Å²) >= 11 is 0. The van der Waals surface area contributed by atoms with Crippen LogP contribution >= 0.6 is 0 Å². The molecule has 140 valence electrons. The largest absolute Gasteiger partial charge is 0.504 e. The van der Waals surface area contributed by atoms with Gasteiger partial charge in [0.05, 0.1) is 17.1 Å². The molecule has 5 aliphatic rings. The van der Waals surface area contributed by atoms with Crippen molar-refractivity contribution in [3.8, 4) is 11.5 Å². The van der Waals surface area contributed by atoms with Crippen LogP contribution in [0.2, 0.25) is 0 Å². The van der Waals surface area contributed by atoms with Gasteiger partial charge in [0.1, 0.15) is 6.10 Å². The molecule has 3 N–H and O–H groups in total. The molecule has 1 saturated heterocycles. The van der Waals surface area contributed by atoms with Crippen LogP contribution in [-0.2, 0) is 11.8 Å². The molecule has 2 aliphatic heterocycles. The molecule has 3 aliphatic carbocycles. The first-order valence-corrected chi connectivity index (χ1v) is 10.2. The number of aliphatic hydroxyl groups excluding tert-OH is 1. The van der Waals surface area contributed by atoms with Gasteiger partial charge in [-0.3, -0.25) is 4.90 Å². The van der Waals surface area contributed by atoms with Gasteiger partial charge in [-0.15, -0.1) is 0 Å². The van der Waals surface area contributed by atoms with Gasteiger partial charge in [-0.2, -0.15) is 0 Å². The van der Waals surface area contributed by atoms with Crippen LogP contribution in [0.15, 0.2) is 12.1 Å². The third kappa shape index (κ3) is 1.64. The van der Waals surface area contributed by atoms with E-state index < -0.39 is 23.2 Å². The van der Waals surface area contributed by atoms with Crippen molar-refractivity contribution < 1.29 is 20.1 Å². The molecule has 0 amide bonds. The first-order chi connectivity index (χ1) is 12.5. The molecule has 0 unspecified atom stereocenters. The van der Waals surface area contributed by atoms with E-state index in [0.29, 0.717) is 18.6 Å². The second kappa shape index (κ2) is 4.94. The lowest BCUT2D eigenvalue weighted by molar-refractivity contribution is -0.209. The average Bonchev–Trinajstić information content (AvgIpc) is 2.93. The number of phenolic OH excluding ortho intramolecular Hbond substituents is 1. The second-order valence-corrected chi connectivity index (χ2v) is 9.25. The van der Waals surface area contributed by atoms with E-state index >= 15 is 0 Å². The summed E-state index contributed by atoms with van der Waals surface area (Å²) in [6.45, 7) is 2.02. The summed E-state index contributed by atoms with van der Waals surface area (Å²) in [6, 6.07) is 3.80. The summed E-state index contributed by atoms with van der Waals surface area (Å²) in [5.74, 6) is 1.42. The number of aromatic hydroxyl groups is 1. The van der Waals surface area contributed by atoms with Crippen LogP contribution in [0.3, 0.4) is 0 Å². The Morgan fingerprint density at radius 2 is 2.04 bits per heavy atom. The SMILES string of the molecule is Oc1ccc2c3c1O[C@H]1[C@@H](O)CC[C@]4(O)[C@H](C2)N(CC2CCC2)CC[C@]314. The molecule has 5 atom stereocenters. The zero-order valence-corrected chi connectivity index (χ0v) is 15.0. The molecule has 2 bridgehead atoms. The number of ether oxygens (including phenoxy) is 1. The minimum Gasteiger partial charge on any atom is -0.504 e. The smallest absolute Gasteiger partial charge is 0.165 e. The zero-order valence-electron chi connectivity index (χ0n) is 15.0. The molecule has 2 heterocycles. The van der Waals surface area contributed by atoms with Crippen LogP contribution in [0.1, 0.15) is 49.7 Å². The molecule has 1 aromatic rings. The molecule has 1 spiro atoms. The fraction of sp³-hybridized carbons (Fsp3) is 0.714. The van der Waals surface area contributed by atoms with E-state index in [1.165, 1.54) is 24.8 Å². The van der Waals surface area contributed by atoms with E-state index in [4.69, 9.17) is 4.74 Å². The highest BCUT2D eigenvalue weighted by atomic mass is 16.5. The van der Waals surface area contributed by atoms with Gasteiger partial charge in [-0.05, 0) is 62.6 Å². The van der Waals surface area contributed by atoms with Gasteiger partial charge < -0.3 is 20.1 Å². The van der Waals surface area contributed by atoms with E-state index in [1.807, 2.05) is 6.07 Å². The topological polar surface area (TPSA) is 73.2 Å². The molecule has 5 heteroatoms. The van der Waals surface area contributed by atoms with Gasteiger partial charge >= 0.3 is 0 Å². The molecular formula is C21H27NO4. The molecule has 0 radical (unpaired) electrons. The first-order valence-electron chi connectivity index (χ1n) is 10.2. The molecular weight excluding hydrogens is 330 g/mol. The highest BCUT2D eigenvalue weighted by molar-refractivity contribution is 5.62. The first kappa shape index (κ1) is 15.7. The number of likely N-dealkylation sites (tertiary alicyclic amines) is 1. The average molecular weight is 357 g/mol. The van der Waals surface area contributed by atoms with E-state index in [0.717, 1.165) is 37.4 Å². The van der Waals surface area contributed by atoms with Gasteiger partial charge in [0.15, 0.2) is 11.5 Å². The third-order valence-electron chi connectivity index (χ3n) is 8.26. The zero-order chi connectivity index (χ0) is 17.7. The van der Waals surface area contributed by atoms with Crippen LogP contribution in [0.5, 0.6) is 11.5 Å². The van der Waals surface area contributed by atoms with Crippen LogP contribution in [0, 0.1) is 5.92 Å². The molecule has 2 saturated carbocycles. The van der Waals surface area contributed by atoms with Crippen LogP contribution in [0.4, 0.5) is 0 Å². The highest BCUT2D eigenvalue weighted by Gasteiger charge is 2.72. The Bertz CT molecular complexity index is 778. The lowest BCUT2D eigenvalue weighted by Gasteiger charge is -2.64. The lowest BCUT2D eigenvalue weighted by atomic mass is 9.48. The number of aliphatic hydroxyl groups is 2. The van der Waals surface area contributed by atoms with Crippen molar-refractivity contribution >= 4 is 0 Å². The Hall–Kier alpha value is -1.30. The fourth-order valence-electron chi connectivity index (χ4n) is 6.83. The molecule has 3 fully saturated rings. The number of piperidine rings is 1. The predicted octanol–water partition coefficient (Wildman–Crippen LogP) is 1.71. The molecule has 6 rings (SSSR count). The Morgan fingerprint density at radius 3 is 2.81 bits per heavy atom. The summed E-state index contributed by atoms with van der Waals surface area (Å²) in [7, 11) is 0. The summed E-state index contributed by atoms with van der Waals surface area (Å²) in [4.78, 5) is 2.53. The van der Waals surface area contributed by atoms with Crippen molar-refractivity contribution in [3.63, 3.8) is 0 Å². The van der Waals surface area contributed by atoms with Crippen molar-refractivity contribution in [3.05, 3.63) is 23.3 Å². The summed E-state index contributed by atoms with van der Waals surface area (Å²) < 4.78 is 6.16. The number of hydrogen-bond acceptors (Lipinski definition) is 5. The van der Waals surface area contributed by atoms with Crippen molar-refractivity contribution in [1.29, 1.82) is 0 Å². The standard InChI is InChI=1S/C21H27NO4/c23-14-5-4-13-10-16-21(25)7-6-15(24)19-20(21,17(13)18(14)26-19)8-9-22(16)11-12-2-1-3-12/h4-5,12,15-16,19,23-25H,1-3,6-11H2/t15-,16-,19-,20-,21-/m0/s1. The maximum Gasteiger partial charge on any atom is 0.165 e. The predicted molar refractivity (Wildman–Crippen MR) is 95.4 cm³/mol. The van der Waals surface area contributed by atoms with E-state index in [2.05, 4.69) is 4.90 Å². The van der Waals surface area contributed by atoms with Crippen molar-refractivity contribution in [2.75, 3.05) is 13.1 Å². The molecule has 5 nitrogen and oxygen atoms in total. The van der Waals surface area contributed by atoms with Crippen molar-refractivity contribution in [1.82, 2.24) is 4.90 Å². The van der Waals surface area contributed by atoms with Gasteiger partial charge in [0.2, 0.25) is 0 Å². The minimum absolute atomic E-state index is 0.0819. The molecule has 1 aromatic carbocycles. The monoisotopic (exact) mass is 357 g/mol. The lowest BCUT2D eigenvalue weighted by Crippen LogP contribution is -2.77. The molecule has 26 heavy (non-hydrogen) atoms. The summed E-state index contributed by atoms with van der Waals surface area (Å²) in [6.07, 6.45) is 5.68. The van der Waals surface area contributed by atoms with Crippen molar-refractivity contribution in [2.24, 2.45) is 5.92 Å². The Morgan fingerprint density at radius 1 is 1.19 bits per heavy atom. The third-order valence-corrected chi connectivity index (χ3v) is 8.26. The van der Waals surface area contributed by atoms with Crippen LogP contribution < -0.4 is 4.74 Å². The van der Waals surface area contributed by atoms with Gasteiger partial charge in [-0.1, -0.05) is 12.5 Å². The summed E-state index contributed by atoms with van der Waals surface area (Å²) in [5, 5.41) is 33.2. The van der Waals surface area contributed by atoms with E-state index in [9.17, 15) is 15.3 Å². The number of hydrogen-bond donors (Lipinski definition) is 3. The number of phenols is 1. The van der Waals surface area contributed by atoms with E-state index in [1.54, 1.807) is 6.07 Å². The van der Waals surface area contributed by atoms with Gasteiger partial charge in [-0.25, -0.2) is 0 Å². The molecule has 0 aromatic heterocycles. The minimum atomic E-state index is -0.884. The van der Waals surface area contributed by atoms with E-state index in [-0.39, 0.29) is 11.8 Å². The van der Waals surface area contributed by atoms with Crippen molar-refractivity contribution in [2.45, 2.75) is 74.2 Å². The Kier molecular flexibility index (Phi) is 2.99. The second-order valence-electron chi connectivity index (χ2n) is 9.25. The van der Waals surface area contributed by atoms with Gasteiger partial charge in [0.25, 0.3) is 0 Å². The normalized spacial score (nSPS) is 43.5. The Labute approximate surface area is 153 Å². The summed E-state index contributed by atoms with van der Waals surface area (Å²) in [5.41, 5.74) is 0.712. The van der Waals surface area contributed by atoms with Crippen LogP contribution in [-0.4, -0.2) is 57.2 Å². The van der Waals surface area contributed by atoms with Gasteiger partial charge in [0, 0.05) is 18.2 Å². The quantitative estimate of drug-likeness (QED) is 0.751. The fourth-order valence-corrected chi connectivity index (χ4v) is 6.83. The maximum atomic E-state index is 12.1. The number of nitrogens with zero attached hydrogens (tertiary/aromatic N) is 1. The van der Waals surface area contributed by atoms with Crippen LogP contribution in [0.25, 0.3) is 0 Å². The Balaban J connectivity index is 1.52. The number of rotatable bonds is 2. The highest BCUT2D eigenvalue weighted by Crippen LogP contribution is 2.65. The maximum absolute atomic E-state index is 12.1.